The number of pyridine rings is 1. The Balaban J connectivity index is 3.18. The van der Waals surface area contributed by atoms with Crippen molar-refractivity contribution < 1.29 is 4.74 Å². The van der Waals surface area contributed by atoms with Crippen molar-refractivity contribution in [2.75, 3.05) is 7.11 Å². The minimum absolute atomic E-state index is 0.116. The highest BCUT2D eigenvalue weighted by molar-refractivity contribution is 6.35. The molecule has 0 saturated heterocycles. The number of hydrogen-bond acceptors (Lipinski definition) is 3. The van der Waals surface area contributed by atoms with E-state index in [1.807, 2.05) is 6.07 Å². The summed E-state index contributed by atoms with van der Waals surface area (Å²) >= 11 is 6.13. The second-order valence-electron chi connectivity index (χ2n) is 3.95. The van der Waals surface area contributed by atoms with Gasteiger partial charge in [-0.05, 0) is 24.6 Å². The number of hydrogen-bond donors (Lipinski definition) is 0. The molecule has 0 N–H and O–H groups in total. The zero-order valence-electron chi connectivity index (χ0n) is 10.2. The number of methoxy groups -OCH3 is 1. The Labute approximate surface area is 109 Å². The largest absolute Gasteiger partial charge is 0.496 e. The van der Waals surface area contributed by atoms with Gasteiger partial charge in [0, 0.05) is 12.4 Å². The number of nitrogens with zero attached hydrogens (tertiary/aromatic N) is 2. The van der Waals surface area contributed by atoms with Crippen LogP contribution in [-0.2, 0) is 7.05 Å². The fourth-order valence-electron chi connectivity index (χ4n) is 2.09. The lowest BCUT2D eigenvalue weighted by Crippen LogP contribution is -2.21. The fraction of sp³-hybridized carbons (Fsp3) is 0.231. The van der Waals surface area contributed by atoms with Crippen molar-refractivity contribution in [3.63, 3.8) is 0 Å². The molecule has 0 spiro atoms. The predicted octanol–water partition coefficient (Wildman–Crippen LogP) is 2.38. The fourth-order valence-corrected chi connectivity index (χ4v) is 2.38. The molecule has 1 aromatic heterocycles. The molecule has 0 aliphatic heterocycles. The van der Waals surface area contributed by atoms with Crippen molar-refractivity contribution >= 4 is 22.5 Å². The Bertz CT molecular complexity index is 741. The van der Waals surface area contributed by atoms with Crippen LogP contribution in [0, 0.1) is 18.3 Å². The van der Waals surface area contributed by atoms with Gasteiger partial charge in [0.25, 0.3) is 5.56 Å². The third-order valence-corrected chi connectivity index (χ3v) is 3.33. The molecule has 0 bridgehead atoms. The third kappa shape index (κ3) is 1.56. The molecule has 18 heavy (non-hydrogen) atoms. The van der Waals surface area contributed by atoms with Crippen LogP contribution in [0.2, 0.25) is 5.02 Å². The molecule has 0 saturated carbocycles. The van der Waals surface area contributed by atoms with Crippen molar-refractivity contribution in [1.29, 1.82) is 5.26 Å². The first-order valence-corrected chi connectivity index (χ1v) is 5.66. The van der Waals surface area contributed by atoms with Gasteiger partial charge in [-0.2, -0.15) is 5.26 Å². The third-order valence-electron chi connectivity index (χ3n) is 3.03. The number of ether oxygens (including phenoxy) is 1. The number of rotatable bonds is 1. The summed E-state index contributed by atoms with van der Waals surface area (Å²) in [5.74, 6) is 0.596. The zero-order valence-corrected chi connectivity index (χ0v) is 11.0. The SMILES string of the molecule is COc1ccc(Cl)c2c1c(C)c(C#N)c(=O)n2C. The highest BCUT2D eigenvalue weighted by atomic mass is 35.5. The van der Waals surface area contributed by atoms with Crippen molar-refractivity contribution in [3.8, 4) is 11.8 Å². The first-order valence-electron chi connectivity index (χ1n) is 5.28. The van der Waals surface area contributed by atoms with Crippen molar-refractivity contribution in [2.24, 2.45) is 7.05 Å². The van der Waals surface area contributed by atoms with Crippen molar-refractivity contribution in [1.82, 2.24) is 4.57 Å². The minimum Gasteiger partial charge on any atom is -0.496 e. The van der Waals surface area contributed by atoms with Crippen LogP contribution in [0.4, 0.5) is 0 Å². The quantitative estimate of drug-likeness (QED) is 0.793. The molecule has 1 aromatic carbocycles. The van der Waals surface area contributed by atoms with Crippen LogP contribution in [0.25, 0.3) is 10.9 Å². The number of fused-ring (bicyclic) bond motifs is 1. The summed E-state index contributed by atoms with van der Waals surface area (Å²) in [6.07, 6.45) is 0. The Morgan fingerprint density at radius 1 is 1.44 bits per heavy atom. The number of aromatic nitrogens is 1. The van der Waals surface area contributed by atoms with E-state index in [-0.39, 0.29) is 11.1 Å². The van der Waals surface area contributed by atoms with Crippen LogP contribution in [0.5, 0.6) is 5.75 Å². The summed E-state index contributed by atoms with van der Waals surface area (Å²) in [5.41, 5.74) is 0.940. The topological polar surface area (TPSA) is 55.0 Å². The van der Waals surface area contributed by atoms with Gasteiger partial charge in [0.1, 0.15) is 17.4 Å². The van der Waals surface area contributed by atoms with E-state index in [4.69, 9.17) is 21.6 Å². The number of nitriles is 1. The highest BCUT2D eigenvalue weighted by Gasteiger charge is 2.17. The maximum atomic E-state index is 12.0. The molecule has 0 radical (unpaired) electrons. The molecule has 2 aromatic rings. The lowest BCUT2D eigenvalue weighted by molar-refractivity contribution is 0.419. The van der Waals surface area contributed by atoms with Crippen LogP contribution in [-0.4, -0.2) is 11.7 Å². The average Bonchev–Trinajstić information content (AvgIpc) is 2.36. The summed E-state index contributed by atoms with van der Waals surface area (Å²) in [6.45, 7) is 1.72. The Morgan fingerprint density at radius 3 is 2.67 bits per heavy atom. The number of benzene rings is 1. The van der Waals surface area contributed by atoms with Crippen LogP contribution < -0.4 is 10.3 Å². The van der Waals surface area contributed by atoms with E-state index in [0.717, 1.165) is 0 Å². The summed E-state index contributed by atoms with van der Waals surface area (Å²) in [4.78, 5) is 12.0. The molecule has 1 heterocycles. The second-order valence-corrected chi connectivity index (χ2v) is 4.36. The molecule has 0 atom stereocenters. The van der Waals surface area contributed by atoms with Gasteiger partial charge in [-0.25, -0.2) is 0 Å². The molecular weight excluding hydrogens is 252 g/mol. The summed E-state index contributed by atoms with van der Waals surface area (Å²) in [6, 6.07) is 5.34. The molecule has 2 rings (SSSR count). The summed E-state index contributed by atoms with van der Waals surface area (Å²) in [5, 5.41) is 10.2. The van der Waals surface area contributed by atoms with Crippen LogP contribution in [0.1, 0.15) is 11.1 Å². The maximum Gasteiger partial charge on any atom is 0.269 e. The van der Waals surface area contributed by atoms with Crippen LogP contribution in [0.15, 0.2) is 16.9 Å². The summed E-state index contributed by atoms with van der Waals surface area (Å²) in [7, 11) is 3.13. The number of halogens is 1. The Hall–Kier alpha value is -1.99. The van der Waals surface area contributed by atoms with Crippen molar-refractivity contribution in [2.45, 2.75) is 6.92 Å². The first-order chi connectivity index (χ1) is 8.52. The standard InChI is InChI=1S/C13H11ClN2O2/c1-7-8(6-15)13(17)16(2)12-9(14)4-5-10(18-3)11(7)12/h4-5H,1-3H3. The van der Waals surface area contributed by atoms with E-state index in [2.05, 4.69) is 0 Å². The van der Waals surface area contributed by atoms with Crippen LogP contribution >= 0.6 is 11.6 Å². The molecule has 4 nitrogen and oxygen atoms in total. The molecule has 0 fully saturated rings. The Morgan fingerprint density at radius 2 is 2.11 bits per heavy atom. The molecule has 0 amide bonds. The maximum absolute atomic E-state index is 12.0. The normalized spacial score (nSPS) is 10.4. The van der Waals surface area contributed by atoms with Gasteiger partial charge in [-0.15, -0.1) is 0 Å². The number of aryl methyl sites for hydroxylation is 2. The second kappa shape index (κ2) is 4.35. The van der Waals surface area contributed by atoms with E-state index >= 15 is 0 Å². The summed E-state index contributed by atoms with van der Waals surface area (Å²) < 4.78 is 6.65. The lowest BCUT2D eigenvalue weighted by atomic mass is 10.0. The minimum atomic E-state index is -0.349. The van der Waals surface area contributed by atoms with Gasteiger partial charge in [-0.1, -0.05) is 11.6 Å². The molecular formula is C13H11ClN2O2. The average molecular weight is 263 g/mol. The Kier molecular flexibility index (Phi) is 3.02. The molecule has 92 valence electrons. The van der Waals surface area contributed by atoms with Gasteiger partial charge in [0.15, 0.2) is 0 Å². The molecule has 0 aliphatic carbocycles. The van der Waals surface area contributed by atoms with E-state index in [0.29, 0.717) is 27.2 Å². The molecule has 0 unspecified atom stereocenters. The van der Waals surface area contributed by atoms with Gasteiger partial charge >= 0.3 is 0 Å². The van der Waals surface area contributed by atoms with Gasteiger partial charge in [0.2, 0.25) is 0 Å². The van der Waals surface area contributed by atoms with Crippen LogP contribution in [0.3, 0.4) is 0 Å². The monoisotopic (exact) mass is 262 g/mol. The van der Waals surface area contributed by atoms with E-state index < -0.39 is 0 Å². The van der Waals surface area contributed by atoms with E-state index in [1.165, 1.54) is 4.57 Å². The molecule has 5 heteroatoms. The molecule has 0 aliphatic rings. The zero-order chi connectivity index (χ0) is 13.4. The van der Waals surface area contributed by atoms with E-state index in [9.17, 15) is 4.79 Å². The highest BCUT2D eigenvalue weighted by Crippen LogP contribution is 2.33. The first kappa shape index (κ1) is 12.5. The van der Waals surface area contributed by atoms with Gasteiger partial charge in [0.05, 0.1) is 17.6 Å². The predicted molar refractivity (Wildman–Crippen MR) is 70.2 cm³/mol. The van der Waals surface area contributed by atoms with Crippen molar-refractivity contribution in [3.05, 3.63) is 38.6 Å². The van der Waals surface area contributed by atoms with Gasteiger partial charge in [-0.3, -0.25) is 4.79 Å². The van der Waals surface area contributed by atoms with E-state index in [1.54, 1.807) is 33.2 Å². The lowest BCUT2D eigenvalue weighted by Gasteiger charge is -2.13. The smallest absolute Gasteiger partial charge is 0.269 e. The van der Waals surface area contributed by atoms with Gasteiger partial charge < -0.3 is 9.30 Å².